The van der Waals surface area contributed by atoms with E-state index in [9.17, 15) is 4.79 Å². The van der Waals surface area contributed by atoms with Gasteiger partial charge < -0.3 is 5.73 Å². The zero-order chi connectivity index (χ0) is 15.2. The van der Waals surface area contributed by atoms with Gasteiger partial charge in [-0.2, -0.15) is 5.10 Å². The number of aromatic nitrogens is 2. The Bertz CT molecular complexity index is 650. The number of amides is 1. The number of hydrazone groups is 1. The van der Waals surface area contributed by atoms with Gasteiger partial charge in [-0.3, -0.25) is 14.8 Å². The molecule has 0 spiro atoms. The van der Waals surface area contributed by atoms with Crippen molar-refractivity contribution in [1.29, 1.82) is 0 Å². The number of para-hydroxylation sites is 1. The molecule has 0 aliphatic heterocycles. The van der Waals surface area contributed by atoms with Crippen LogP contribution in [-0.4, -0.2) is 28.1 Å². The number of carbonyl (C=O) groups is 1. The first-order valence-corrected chi connectivity index (χ1v) is 6.91. The molecule has 0 aliphatic rings. The molecule has 0 fully saturated rings. The fraction of sp³-hybridized carbons (Fsp3) is 0.333. The van der Waals surface area contributed by atoms with E-state index in [2.05, 4.69) is 20.5 Å². The lowest BCUT2D eigenvalue weighted by Gasteiger charge is -2.15. The molecule has 21 heavy (non-hydrogen) atoms. The van der Waals surface area contributed by atoms with Gasteiger partial charge in [-0.15, -0.1) is 0 Å². The molecule has 0 aliphatic carbocycles. The van der Waals surface area contributed by atoms with E-state index in [0.29, 0.717) is 0 Å². The van der Waals surface area contributed by atoms with Crippen molar-refractivity contribution in [3.63, 3.8) is 0 Å². The van der Waals surface area contributed by atoms with Crippen LogP contribution in [0.5, 0.6) is 0 Å². The van der Waals surface area contributed by atoms with E-state index in [1.54, 1.807) is 18.6 Å². The number of carbonyl (C=O) groups excluding carboxylic acids is 1. The molecule has 1 aromatic heterocycles. The van der Waals surface area contributed by atoms with Crippen molar-refractivity contribution >= 4 is 23.2 Å². The maximum Gasteiger partial charge on any atom is 0.257 e. The minimum atomic E-state index is -0.556. The number of hydrogen-bond acceptors (Lipinski definition) is 5. The van der Waals surface area contributed by atoms with Crippen LogP contribution >= 0.6 is 0 Å². The average Bonchev–Trinajstić information content (AvgIpc) is 2.53. The molecule has 0 radical (unpaired) electrons. The van der Waals surface area contributed by atoms with E-state index in [1.807, 2.05) is 32.0 Å². The van der Waals surface area contributed by atoms with Crippen LogP contribution < -0.4 is 11.2 Å². The van der Waals surface area contributed by atoms with E-state index in [1.165, 1.54) is 0 Å². The molecule has 6 nitrogen and oxygen atoms in total. The number of fused-ring (bicyclic) bond motifs is 1. The monoisotopic (exact) mass is 285 g/mol. The van der Waals surface area contributed by atoms with E-state index < -0.39 is 6.04 Å². The maximum absolute atomic E-state index is 11.8. The van der Waals surface area contributed by atoms with E-state index in [4.69, 9.17) is 5.73 Å². The van der Waals surface area contributed by atoms with Gasteiger partial charge in [-0.1, -0.05) is 32.4 Å². The van der Waals surface area contributed by atoms with Crippen molar-refractivity contribution in [3.05, 3.63) is 36.2 Å². The molecule has 1 amide bonds. The van der Waals surface area contributed by atoms with Crippen molar-refractivity contribution in [1.82, 2.24) is 15.4 Å². The Balaban J connectivity index is 2.09. The molecule has 1 aromatic carbocycles. The Hall–Kier alpha value is -2.34. The van der Waals surface area contributed by atoms with Gasteiger partial charge in [0.15, 0.2) is 0 Å². The predicted molar refractivity (Wildman–Crippen MR) is 82.7 cm³/mol. The van der Waals surface area contributed by atoms with Crippen LogP contribution in [0.2, 0.25) is 0 Å². The summed E-state index contributed by atoms with van der Waals surface area (Å²) in [6.07, 6.45) is 5.66. The molecular formula is C15H19N5O. The summed E-state index contributed by atoms with van der Waals surface area (Å²) in [4.78, 5) is 20.3. The number of nitrogens with two attached hydrogens (primary N) is 1. The van der Waals surface area contributed by atoms with Crippen LogP contribution in [0, 0.1) is 5.92 Å². The maximum atomic E-state index is 11.8. The molecule has 2 atom stereocenters. The Morgan fingerprint density at radius 2 is 2.19 bits per heavy atom. The zero-order valence-electron chi connectivity index (χ0n) is 12.2. The molecule has 3 N–H and O–H groups in total. The lowest BCUT2D eigenvalue weighted by atomic mass is 10.00. The summed E-state index contributed by atoms with van der Waals surface area (Å²) in [7, 11) is 0. The second-order valence-corrected chi connectivity index (χ2v) is 4.92. The molecule has 1 unspecified atom stereocenters. The van der Waals surface area contributed by atoms with Crippen LogP contribution in [0.1, 0.15) is 25.8 Å². The van der Waals surface area contributed by atoms with E-state index >= 15 is 0 Å². The molecule has 2 aromatic rings. The van der Waals surface area contributed by atoms with Gasteiger partial charge in [-0.25, -0.2) is 5.43 Å². The zero-order valence-corrected chi connectivity index (χ0v) is 12.2. The quantitative estimate of drug-likeness (QED) is 0.642. The lowest BCUT2D eigenvalue weighted by Crippen LogP contribution is -2.42. The van der Waals surface area contributed by atoms with Crippen molar-refractivity contribution < 1.29 is 4.79 Å². The van der Waals surface area contributed by atoms with Crippen molar-refractivity contribution in [2.24, 2.45) is 16.8 Å². The summed E-state index contributed by atoms with van der Waals surface area (Å²) in [6, 6.07) is 5.04. The van der Waals surface area contributed by atoms with Crippen molar-refractivity contribution in [2.75, 3.05) is 0 Å². The van der Waals surface area contributed by atoms with Gasteiger partial charge >= 0.3 is 0 Å². The molecule has 0 saturated heterocycles. The Morgan fingerprint density at radius 1 is 1.43 bits per heavy atom. The highest BCUT2D eigenvalue weighted by Crippen LogP contribution is 2.11. The highest BCUT2D eigenvalue weighted by atomic mass is 16.2. The molecule has 2 rings (SSSR count). The lowest BCUT2D eigenvalue weighted by molar-refractivity contribution is -0.123. The van der Waals surface area contributed by atoms with Crippen LogP contribution in [0.3, 0.4) is 0 Å². The smallest absolute Gasteiger partial charge is 0.257 e. The molecule has 6 heteroatoms. The van der Waals surface area contributed by atoms with Gasteiger partial charge in [0, 0.05) is 18.0 Å². The van der Waals surface area contributed by atoms with Gasteiger partial charge in [0.25, 0.3) is 5.91 Å². The first kappa shape index (κ1) is 15.1. The van der Waals surface area contributed by atoms with E-state index in [0.717, 1.165) is 23.0 Å². The second-order valence-electron chi connectivity index (χ2n) is 4.92. The van der Waals surface area contributed by atoms with Crippen LogP contribution in [0.15, 0.2) is 35.7 Å². The summed E-state index contributed by atoms with van der Waals surface area (Å²) in [5.74, 6) is -0.171. The van der Waals surface area contributed by atoms with E-state index in [-0.39, 0.29) is 11.8 Å². The first-order valence-electron chi connectivity index (χ1n) is 6.91. The summed E-state index contributed by atoms with van der Waals surface area (Å²) in [5.41, 5.74) is 10.6. The standard InChI is InChI=1S/C15H19N5O/c1-3-10(2)13(16)15(21)20-19-9-11-5-4-6-12-14(11)18-8-7-17-12/h4-10,13H,3,16H2,1-2H3,(H,20,21)/t10?,13-/m1/s1. The largest absolute Gasteiger partial charge is 0.320 e. The molecular weight excluding hydrogens is 266 g/mol. The number of benzene rings is 1. The Kier molecular flexibility index (Phi) is 4.94. The number of nitrogens with one attached hydrogen (secondary N) is 1. The minimum Gasteiger partial charge on any atom is -0.320 e. The number of hydrogen-bond donors (Lipinski definition) is 2. The topological polar surface area (TPSA) is 93.3 Å². The molecule has 1 heterocycles. The second kappa shape index (κ2) is 6.90. The molecule has 0 bridgehead atoms. The van der Waals surface area contributed by atoms with Crippen molar-refractivity contribution in [2.45, 2.75) is 26.3 Å². The number of nitrogens with zero attached hydrogens (tertiary/aromatic N) is 3. The summed E-state index contributed by atoms with van der Waals surface area (Å²) >= 11 is 0. The minimum absolute atomic E-state index is 0.114. The summed E-state index contributed by atoms with van der Waals surface area (Å²) < 4.78 is 0. The SMILES string of the molecule is CCC(C)[C@@H](N)C(=O)NN=Cc1cccc2nccnc12. The summed E-state index contributed by atoms with van der Waals surface area (Å²) in [5, 5.41) is 3.96. The van der Waals surface area contributed by atoms with Gasteiger partial charge in [0.05, 0.1) is 23.3 Å². The highest BCUT2D eigenvalue weighted by Gasteiger charge is 2.18. The third-order valence-corrected chi connectivity index (χ3v) is 3.47. The first-order chi connectivity index (χ1) is 10.1. The van der Waals surface area contributed by atoms with Gasteiger partial charge in [0.1, 0.15) is 0 Å². The summed E-state index contributed by atoms with van der Waals surface area (Å²) in [6.45, 7) is 3.93. The van der Waals surface area contributed by atoms with Crippen molar-refractivity contribution in [3.8, 4) is 0 Å². The molecule has 0 saturated carbocycles. The Morgan fingerprint density at radius 3 is 2.95 bits per heavy atom. The van der Waals surface area contributed by atoms with Crippen LogP contribution in [-0.2, 0) is 4.79 Å². The number of rotatable bonds is 5. The fourth-order valence-corrected chi connectivity index (χ4v) is 1.87. The van der Waals surface area contributed by atoms with Crippen LogP contribution in [0.25, 0.3) is 11.0 Å². The van der Waals surface area contributed by atoms with Gasteiger partial charge in [-0.05, 0) is 12.0 Å². The van der Waals surface area contributed by atoms with Crippen LogP contribution in [0.4, 0.5) is 0 Å². The highest BCUT2D eigenvalue weighted by molar-refractivity contribution is 5.96. The predicted octanol–water partition coefficient (Wildman–Crippen LogP) is 1.45. The third-order valence-electron chi connectivity index (χ3n) is 3.47. The van der Waals surface area contributed by atoms with Gasteiger partial charge in [0.2, 0.25) is 0 Å². The fourth-order valence-electron chi connectivity index (χ4n) is 1.87. The average molecular weight is 285 g/mol. The third kappa shape index (κ3) is 3.61. The normalized spacial score (nSPS) is 14.2. The molecule has 110 valence electrons. The Labute approximate surface area is 123 Å².